The van der Waals surface area contributed by atoms with Gasteiger partial charge in [0.05, 0.1) is 11.2 Å². The number of amides is 2. The first-order valence-electron chi connectivity index (χ1n) is 12.3. The summed E-state index contributed by atoms with van der Waals surface area (Å²) < 4.78 is 0. The van der Waals surface area contributed by atoms with E-state index in [1.54, 1.807) is 4.90 Å². The van der Waals surface area contributed by atoms with Crippen LogP contribution in [0.1, 0.15) is 69.0 Å². The normalized spacial score (nSPS) is 19.6. The highest BCUT2D eigenvalue weighted by molar-refractivity contribution is 6.25. The van der Waals surface area contributed by atoms with E-state index >= 15 is 0 Å². The van der Waals surface area contributed by atoms with Gasteiger partial charge in [-0.15, -0.1) is 0 Å². The monoisotopic (exact) mass is 453 g/mol. The van der Waals surface area contributed by atoms with E-state index in [1.807, 2.05) is 32.2 Å². The average molecular weight is 454 g/mol. The molecule has 1 saturated heterocycles. The van der Waals surface area contributed by atoms with Gasteiger partial charge in [-0.2, -0.15) is 0 Å². The average Bonchev–Trinajstić information content (AvgIpc) is 3.58. The second kappa shape index (κ2) is 7.67. The summed E-state index contributed by atoms with van der Waals surface area (Å²) in [4.78, 5) is 30.4. The first-order chi connectivity index (χ1) is 16.4. The number of hydrogen-bond acceptors (Lipinski definition) is 3. The van der Waals surface area contributed by atoms with E-state index in [4.69, 9.17) is 0 Å². The number of hydrogen-bond donors (Lipinski definition) is 1. The molecule has 0 aromatic heterocycles. The molecule has 0 atom stereocenters. The minimum absolute atomic E-state index is 0.00113. The topological polar surface area (TPSA) is 52.7 Å². The summed E-state index contributed by atoms with van der Waals surface area (Å²) in [5, 5.41) is 5.49. The van der Waals surface area contributed by atoms with E-state index in [2.05, 4.69) is 47.6 Å². The molecule has 0 bridgehead atoms. The van der Waals surface area contributed by atoms with Crippen molar-refractivity contribution in [1.29, 1.82) is 0 Å². The number of rotatable bonds is 4. The summed E-state index contributed by atoms with van der Waals surface area (Å²) in [5.41, 5.74) is 5.52. The zero-order chi connectivity index (χ0) is 23.6. The molecule has 6 rings (SSSR count). The Morgan fingerprint density at radius 1 is 1.03 bits per heavy atom. The lowest BCUT2D eigenvalue weighted by molar-refractivity contribution is 0.0929. The zero-order valence-corrected chi connectivity index (χ0v) is 20.1. The van der Waals surface area contributed by atoms with Crippen LogP contribution in [0.2, 0.25) is 0 Å². The number of piperidine rings is 1. The molecule has 2 aliphatic heterocycles. The lowest BCUT2D eigenvalue weighted by Gasteiger charge is -2.29. The van der Waals surface area contributed by atoms with Crippen LogP contribution < -0.4 is 10.2 Å². The maximum atomic E-state index is 13.6. The number of nitrogens with one attached hydrogen (secondary N) is 1. The van der Waals surface area contributed by atoms with Gasteiger partial charge in [-0.3, -0.25) is 9.59 Å². The molecule has 3 aromatic carbocycles. The molecule has 174 valence electrons. The lowest BCUT2D eigenvalue weighted by Crippen LogP contribution is -2.35. The van der Waals surface area contributed by atoms with E-state index < -0.39 is 0 Å². The molecule has 1 saturated carbocycles. The molecule has 34 heavy (non-hydrogen) atoms. The Kier molecular flexibility index (Phi) is 4.82. The van der Waals surface area contributed by atoms with Crippen LogP contribution in [0.15, 0.2) is 48.5 Å². The Morgan fingerprint density at radius 2 is 1.79 bits per heavy atom. The SMILES string of the molecule is Cc1ccc(C2CCN(C)CC2)cc1C(=O)NC1(c2ccc3c4c(cccc24)C(=O)N3C)CC1. The molecule has 3 aliphatic rings. The number of benzene rings is 3. The Balaban J connectivity index is 1.32. The van der Waals surface area contributed by atoms with Crippen molar-refractivity contribution in [3.8, 4) is 0 Å². The van der Waals surface area contributed by atoms with E-state index in [0.717, 1.165) is 77.5 Å². The van der Waals surface area contributed by atoms with Gasteiger partial charge in [-0.25, -0.2) is 0 Å². The fourth-order valence-electron chi connectivity index (χ4n) is 5.90. The Morgan fingerprint density at radius 3 is 2.53 bits per heavy atom. The molecule has 2 heterocycles. The summed E-state index contributed by atoms with van der Waals surface area (Å²) in [6.07, 6.45) is 4.10. The van der Waals surface area contributed by atoms with Crippen LogP contribution in [0, 0.1) is 6.92 Å². The third kappa shape index (κ3) is 3.25. The molecular formula is C29H31N3O2. The second-order valence-electron chi connectivity index (χ2n) is 10.4. The van der Waals surface area contributed by atoms with E-state index in [9.17, 15) is 9.59 Å². The molecule has 2 fully saturated rings. The molecule has 1 N–H and O–H groups in total. The Bertz CT molecular complexity index is 1330. The molecule has 0 radical (unpaired) electrons. The van der Waals surface area contributed by atoms with Crippen molar-refractivity contribution in [3.05, 3.63) is 76.3 Å². The van der Waals surface area contributed by atoms with Crippen molar-refractivity contribution in [2.75, 3.05) is 32.1 Å². The first-order valence-corrected chi connectivity index (χ1v) is 12.3. The number of carbonyl (C=O) groups excluding carboxylic acids is 2. The Hall–Kier alpha value is -3.18. The highest BCUT2D eigenvalue weighted by Gasteiger charge is 2.47. The summed E-state index contributed by atoms with van der Waals surface area (Å²) in [5.74, 6) is 0.554. The molecule has 0 unspecified atom stereocenters. The van der Waals surface area contributed by atoms with Gasteiger partial charge < -0.3 is 15.1 Å². The third-order valence-electron chi connectivity index (χ3n) is 8.23. The van der Waals surface area contributed by atoms with Gasteiger partial charge >= 0.3 is 0 Å². The van der Waals surface area contributed by atoms with Crippen molar-refractivity contribution in [2.45, 2.75) is 44.1 Å². The van der Waals surface area contributed by atoms with Crippen molar-refractivity contribution >= 4 is 28.3 Å². The van der Waals surface area contributed by atoms with Crippen molar-refractivity contribution in [3.63, 3.8) is 0 Å². The van der Waals surface area contributed by atoms with E-state index in [1.165, 1.54) is 5.56 Å². The molecule has 3 aromatic rings. The molecule has 1 aliphatic carbocycles. The second-order valence-corrected chi connectivity index (χ2v) is 10.4. The fourth-order valence-corrected chi connectivity index (χ4v) is 5.90. The first kappa shape index (κ1) is 21.4. The minimum Gasteiger partial charge on any atom is -0.342 e. The quantitative estimate of drug-likeness (QED) is 0.607. The van der Waals surface area contributed by atoms with Gasteiger partial charge in [0, 0.05) is 23.6 Å². The summed E-state index contributed by atoms with van der Waals surface area (Å²) >= 11 is 0. The summed E-state index contributed by atoms with van der Waals surface area (Å²) in [6.45, 7) is 4.23. The number of aryl methyl sites for hydroxylation is 1. The predicted molar refractivity (Wildman–Crippen MR) is 136 cm³/mol. The largest absolute Gasteiger partial charge is 0.342 e. The van der Waals surface area contributed by atoms with Gasteiger partial charge in [0.15, 0.2) is 0 Å². The van der Waals surface area contributed by atoms with Gasteiger partial charge in [-0.05, 0) is 98.9 Å². The number of carbonyl (C=O) groups is 2. The van der Waals surface area contributed by atoms with Crippen LogP contribution in [-0.2, 0) is 5.54 Å². The van der Waals surface area contributed by atoms with Crippen LogP contribution in [0.3, 0.4) is 0 Å². The van der Waals surface area contributed by atoms with Crippen LogP contribution in [0.5, 0.6) is 0 Å². The molecular weight excluding hydrogens is 422 g/mol. The maximum Gasteiger partial charge on any atom is 0.258 e. The minimum atomic E-state index is -0.367. The maximum absolute atomic E-state index is 13.6. The van der Waals surface area contributed by atoms with Crippen LogP contribution in [0.25, 0.3) is 10.8 Å². The van der Waals surface area contributed by atoms with E-state index in [0.29, 0.717) is 5.92 Å². The highest BCUT2D eigenvalue weighted by atomic mass is 16.2. The van der Waals surface area contributed by atoms with Crippen LogP contribution in [-0.4, -0.2) is 43.9 Å². The number of anilines is 1. The smallest absolute Gasteiger partial charge is 0.258 e. The van der Waals surface area contributed by atoms with Gasteiger partial charge in [0.1, 0.15) is 0 Å². The summed E-state index contributed by atoms with van der Waals surface area (Å²) in [7, 11) is 4.00. The van der Waals surface area contributed by atoms with E-state index in [-0.39, 0.29) is 17.4 Å². The lowest BCUT2D eigenvalue weighted by atomic mass is 9.87. The van der Waals surface area contributed by atoms with Gasteiger partial charge in [0.25, 0.3) is 11.8 Å². The van der Waals surface area contributed by atoms with Crippen molar-refractivity contribution in [1.82, 2.24) is 10.2 Å². The molecule has 2 amide bonds. The van der Waals surface area contributed by atoms with Crippen LogP contribution >= 0.6 is 0 Å². The number of nitrogens with zero attached hydrogens (tertiary/aromatic N) is 2. The zero-order valence-electron chi connectivity index (χ0n) is 20.1. The van der Waals surface area contributed by atoms with Gasteiger partial charge in [-0.1, -0.05) is 30.3 Å². The summed E-state index contributed by atoms with van der Waals surface area (Å²) in [6, 6.07) is 16.5. The fraction of sp³-hybridized carbons (Fsp3) is 0.379. The van der Waals surface area contributed by atoms with Crippen LogP contribution in [0.4, 0.5) is 5.69 Å². The molecule has 5 nitrogen and oxygen atoms in total. The Labute approximate surface area is 200 Å². The molecule has 5 heteroatoms. The molecule has 0 spiro atoms. The third-order valence-corrected chi connectivity index (χ3v) is 8.23. The van der Waals surface area contributed by atoms with Gasteiger partial charge in [0.2, 0.25) is 0 Å². The van der Waals surface area contributed by atoms with Crippen molar-refractivity contribution < 1.29 is 9.59 Å². The highest BCUT2D eigenvalue weighted by Crippen LogP contribution is 2.50. The predicted octanol–water partition coefficient (Wildman–Crippen LogP) is 4.97. The van der Waals surface area contributed by atoms with Crippen molar-refractivity contribution in [2.24, 2.45) is 0 Å². The standard InChI is InChI=1S/C29H31N3O2/c1-18-7-8-20(19-11-15-31(2)16-12-19)17-23(18)27(33)30-29(13-14-29)24-9-10-25-26-21(24)5-4-6-22(26)28(34)32(25)3/h4-10,17,19H,11-16H2,1-3H3,(H,30,33). The number of likely N-dealkylation sites (tertiary alicyclic amines) is 1.